The molecular weight excluding hydrogens is 409 g/mol. The standard InChI is InChI=1S/C23H21F3N2O3/c24-23(25,26)17-4-1-13(2-5-17)14-3-6-18-15-7-8-28(20(10-15)19(18)9-14)21(29)16-11-27(12-16)22(30)31/h1-6,9,15-16,20H,7-8,10-12H2,(H,30,31)/t15-,20+/m1/s1. The van der Waals surface area contributed by atoms with Gasteiger partial charge in [0, 0.05) is 19.6 Å². The van der Waals surface area contributed by atoms with E-state index in [1.165, 1.54) is 22.6 Å². The monoisotopic (exact) mass is 430 g/mol. The highest BCUT2D eigenvalue weighted by Crippen LogP contribution is 2.50. The zero-order valence-electron chi connectivity index (χ0n) is 16.6. The zero-order chi connectivity index (χ0) is 21.9. The van der Waals surface area contributed by atoms with Crippen LogP contribution in [0.25, 0.3) is 11.1 Å². The van der Waals surface area contributed by atoms with Crippen molar-refractivity contribution in [2.45, 2.75) is 31.0 Å². The van der Waals surface area contributed by atoms with Gasteiger partial charge in [0.2, 0.25) is 5.91 Å². The lowest BCUT2D eigenvalue weighted by atomic mass is 9.92. The first kappa shape index (κ1) is 19.9. The minimum absolute atomic E-state index is 0.00580. The van der Waals surface area contributed by atoms with Crippen LogP contribution in [0.15, 0.2) is 42.5 Å². The van der Waals surface area contributed by atoms with E-state index in [2.05, 4.69) is 0 Å². The maximum absolute atomic E-state index is 13.0. The Balaban J connectivity index is 1.40. The molecule has 2 atom stereocenters. The van der Waals surface area contributed by atoms with Crippen LogP contribution in [0, 0.1) is 5.92 Å². The Hall–Kier alpha value is -3.03. The van der Waals surface area contributed by atoms with Gasteiger partial charge in [-0.2, -0.15) is 13.2 Å². The number of amides is 2. The minimum Gasteiger partial charge on any atom is -0.465 e. The van der Waals surface area contributed by atoms with E-state index >= 15 is 0 Å². The topological polar surface area (TPSA) is 60.9 Å². The molecule has 1 N–H and O–H groups in total. The Bertz CT molecular complexity index is 1050. The van der Waals surface area contributed by atoms with E-state index in [0.717, 1.165) is 36.1 Å². The molecule has 2 aromatic rings. The van der Waals surface area contributed by atoms with Crippen LogP contribution in [-0.4, -0.2) is 46.5 Å². The van der Waals surface area contributed by atoms with Crippen molar-refractivity contribution in [3.05, 3.63) is 59.2 Å². The van der Waals surface area contributed by atoms with Crippen LogP contribution in [-0.2, 0) is 11.0 Å². The largest absolute Gasteiger partial charge is 0.465 e. The van der Waals surface area contributed by atoms with E-state index in [1.54, 1.807) is 0 Å². The van der Waals surface area contributed by atoms with E-state index in [4.69, 9.17) is 5.11 Å². The Morgan fingerprint density at radius 1 is 0.968 bits per heavy atom. The van der Waals surface area contributed by atoms with Gasteiger partial charge in [-0.15, -0.1) is 0 Å². The number of carbonyl (C=O) groups is 2. The fourth-order valence-electron chi connectivity index (χ4n) is 5.10. The molecule has 2 fully saturated rings. The van der Waals surface area contributed by atoms with Crippen molar-refractivity contribution in [3.8, 4) is 11.1 Å². The van der Waals surface area contributed by atoms with Gasteiger partial charge in [0.15, 0.2) is 0 Å². The summed E-state index contributed by atoms with van der Waals surface area (Å²) >= 11 is 0. The van der Waals surface area contributed by atoms with Crippen molar-refractivity contribution < 1.29 is 27.9 Å². The number of alkyl halides is 3. The molecule has 0 unspecified atom stereocenters. The third-order valence-electron chi connectivity index (χ3n) is 6.82. The predicted octanol–water partition coefficient (Wildman–Crippen LogP) is 4.74. The van der Waals surface area contributed by atoms with Crippen LogP contribution in [0.3, 0.4) is 0 Å². The highest BCUT2D eigenvalue weighted by Gasteiger charge is 2.45. The summed E-state index contributed by atoms with van der Waals surface area (Å²) in [6, 6.07) is 11.0. The van der Waals surface area contributed by atoms with Crippen molar-refractivity contribution in [3.63, 3.8) is 0 Å². The molecule has 8 heteroatoms. The number of rotatable bonds is 2. The summed E-state index contributed by atoms with van der Waals surface area (Å²) in [4.78, 5) is 27.2. The predicted molar refractivity (Wildman–Crippen MR) is 106 cm³/mol. The molecule has 2 amide bonds. The van der Waals surface area contributed by atoms with Crippen LogP contribution >= 0.6 is 0 Å². The SMILES string of the molecule is O=C(O)N1CC(C(=O)N2CC[C@@H]3C[C@H]2c2cc(-c4ccc(C(F)(F)F)cc4)ccc23)C1. The molecular formula is C23H21F3N2O3. The van der Waals surface area contributed by atoms with Gasteiger partial charge in [-0.05, 0) is 59.2 Å². The number of benzene rings is 2. The summed E-state index contributed by atoms with van der Waals surface area (Å²) in [5.41, 5.74) is 3.11. The highest BCUT2D eigenvalue weighted by molar-refractivity contribution is 5.83. The molecule has 31 heavy (non-hydrogen) atoms. The van der Waals surface area contributed by atoms with E-state index in [1.807, 2.05) is 23.1 Å². The van der Waals surface area contributed by atoms with Crippen molar-refractivity contribution in [1.82, 2.24) is 9.80 Å². The highest BCUT2D eigenvalue weighted by atomic mass is 19.4. The Morgan fingerprint density at radius 2 is 1.65 bits per heavy atom. The lowest BCUT2D eigenvalue weighted by Crippen LogP contribution is -2.56. The third-order valence-corrected chi connectivity index (χ3v) is 6.82. The fraction of sp³-hybridized carbons (Fsp3) is 0.391. The van der Waals surface area contributed by atoms with Crippen molar-refractivity contribution in [2.75, 3.05) is 19.6 Å². The molecule has 2 aliphatic heterocycles. The van der Waals surface area contributed by atoms with E-state index < -0.39 is 17.8 Å². The maximum atomic E-state index is 13.0. The lowest BCUT2D eigenvalue weighted by molar-refractivity contribution is -0.144. The Morgan fingerprint density at radius 3 is 2.29 bits per heavy atom. The zero-order valence-corrected chi connectivity index (χ0v) is 16.6. The number of likely N-dealkylation sites (tertiary alicyclic amines) is 2. The number of halogens is 3. The second kappa shape index (κ2) is 7.00. The third kappa shape index (κ3) is 3.34. The maximum Gasteiger partial charge on any atom is 0.416 e. The second-order valence-corrected chi connectivity index (χ2v) is 8.57. The van der Waals surface area contributed by atoms with E-state index in [0.29, 0.717) is 18.0 Å². The molecule has 0 saturated carbocycles. The van der Waals surface area contributed by atoms with Crippen LogP contribution in [0.4, 0.5) is 18.0 Å². The molecule has 162 valence electrons. The number of nitrogens with zero attached hydrogens (tertiary/aromatic N) is 2. The van der Waals surface area contributed by atoms with Crippen molar-refractivity contribution >= 4 is 12.0 Å². The molecule has 5 nitrogen and oxygen atoms in total. The van der Waals surface area contributed by atoms with Crippen LogP contribution in [0.2, 0.25) is 0 Å². The average molecular weight is 430 g/mol. The molecule has 0 radical (unpaired) electrons. The second-order valence-electron chi connectivity index (χ2n) is 8.57. The molecule has 2 heterocycles. The number of carbonyl (C=O) groups excluding carboxylic acids is 1. The molecule has 0 aromatic heterocycles. The summed E-state index contributed by atoms with van der Waals surface area (Å²) in [5, 5.41) is 9.02. The Labute approximate surface area is 177 Å². The summed E-state index contributed by atoms with van der Waals surface area (Å²) in [6.07, 6.45) is -3.67. The fourth-order valence-corrected chi connectivity index (χ4v) is 5.10. The minimum atomic E-state index is -4.37. The molecule has 0 spiro atoms. The number of piperidine rings is 1. The van der Waals surface area contributed by atoms with E-state index in [-0.39, 0.29) is 31.0 Å². The first-order valence-corrected chi connectivity index (χ1v) is 10.3. The normalized spacial score (nSPS) is 22.8. The van der Waals surface area contributed by atoms with Crippen LogP contribution < -0.4 is 0 Å². The molecule has 1 aliphatic carbocycles. The van der Waals surface area contributed by atoms with Crippen LogP contribution in [0.1, 0.15) is 41.5 Å². The Kier molecular flexibility index (Phi) is 4.50. The number of hydrogen-bond donors (Lipinski definition) is 1. The lowest BCUT2D eigenvalue weighted by Gasteiger charge is -2.42. The average Bonchev–Trinajstić information content (AvgIpc) is 2.97. The summed E-state index contributed by atoms with van der Waals surface area (Å²) < 4.78 is 38.6. The number of fused-ring (bicyclic) bond motifs is 5. The molecule has 2 saturated heterocycles. The van der Waals surface area contributed by atoms with Crippen molar-refractivity contribution in [1.29, 1.82) is 0 Å². The number of carboxylic acid groups (broad SMARTS) is 1. The van der Waals surface area contributed by atoms with Gasteiger partial charge in [0.25, 0.3) is 0 Å². The summed E-state index contributed by atoms with van der Waals surface area (Å²) in [6.45, 7) is 1.11. The van der Waals surface area contributed by atoms with Gasteiger partial charge in [0.05, 0.1) is 17.5 Å². The van der Waals surface area contributed by atoms with Crippen LogP contribution in [0.5, 0.6) is 0 Å². The van der Waals surface area contributed by atoms with Crippen molar-refractivity contribution in [2.24, 2.45) is 5.92 Å². The van der Waals surface area contributed by atoms with Gasteiger partial charge >= 0.3 is 12.3 Å². The molecule has 2 aromatic carbocycles. The smallest absolute Gasteiger partial charge is 0.416 e. The van der Waals surface area contributed by atoms with Gasteiger partial charge in [-0.25, -0.2) is 4.79 Å². The summed E-state index contributed by atoms with van der Waals surface area (Å²) in [5.74, 6) is 0.0751. The van der Waals surface area contributed by atoms with Gasteiger partial charge in [0.1, 0.15) is 0 Å². The first-order valence-electron chi connectivity index (χ1n) is 10.3. The molecule has 5 rings (SSSR count). The summed E-state index contributed by atoms with van der Waals surface area (Å²) in [7, 11) is 0. The van der Waals surface area contributed by atoms with Gasteiger partial charge < -0.3 is 14.9 Å². The van der Waals surface area contributed by atoms with Gasteiger partial charge in [-0.3, -0.25) is 4.79 Å². The number of hydrogen-bond acceptors (Lipinski definition) is 2. The molecule has 3 aliphatic rings. The van der Waals surface area contributed by atoms with E-state index in [9.17, 15) is 22.8 Å². The molecule has 2 bridgehead atoms. The quantitative estimate of drug-likeness (QED) is 0.749. The first-order chi connectivity index (χ1) is 14.7. The van der Waals surface area contributed by atoms with Gasteiger partial charge in [-0.1, -0.05) is 24.3 Å².